The number of carbonyl (C=O) groups excluding carboxylic acids is 1. The van der Waals surface area contributed by atoms with Gasteiger partial charge in [0, 0.05) is 9.32 Å². The summed E-state index contributed by atoms with van der Waals surface area (Å²) in [6, 6.07) is 16.2. The van der Waals surface area contributed by atoms with E-state index in [4.69, 9.17) is 0 Å². The third kappa shape index (κ3) is 5.81. The van der Waals surface area contributed by atoms with Crippen molar-refractivity contribution in [3.63, 3.8) is 0 Å². The van der Waals surface area contributed by atoms with Crippen LogP contribution in [0, 0.1) is 10.5 Å². The van der Waals surface area contributed by atoms with Crippen LogP contribution in [-0.4, -0.2) is 17.9 Å². The second-order valence-corrected chi connectivity index (χ2v) is 7.00. The van der Waals surface area contributed by atoms with E-state index in [0.717, 1.165) is 11.3 Å². The molecule has 0 saturated heterocycles. The van der Waals surface area contributed by atoms with Gasteiger partial charge in [0.15, 0.2) is 0 Å². The van der Waals surface area contributed by atoms with E-state index < -0.39 is 0 Å². The lowest BCUT2D eigenvalue weighted by atomic mass is 10.1. The molecule has 0 heterocycles. The third-order valence-corrected chi connectivity index (χ3v) is 4.73. The van der Waals surface area contributed by atoms with Crippen molar-refractivity contribution in [2.75, 3.05) is 5.75 Å². The first kappa shape index (κ1) is 17.0. The Balaban J connectivity index is 1.72. The number of amides is 1. The maximum absolute atomic E-state index is 11.7. The van der Waals surface area contributed by atoms with Crippen molar-refractivity contribution in [2.24, 2.45) is 5.10 Å². The van der Waals surface area contributed by atoms with Gasteiger partial charge in [-0.15, -0.1) is 11.8 Å². The first-order chi connectivity index (χ1) is 10.6. The van der Waals surface area contributed by atoms with Crippen molar-refractivity contribution in [3.8, 4) is 0 Å². The molecule has 0 aromatic heterocycles. The van der Waals surface area contributed by atoms with Crippen LogP contribution >= 0.6 is 34.4 Å². The number of hydrogen-bond donors (Lipinski definition) is 1. The highest BCUT2D eigenvalue weighted by Gasteiger charge is 2.02. The van der Waals surface area contributed by atoms with Gasteiger partial charge in [0.25, 0.3) is 0 Å². The molecule has 0 aliphatic heterocycles. The van der Waals surface area contributed by atoms with E-state index in [1.54, 1.807) is 18.0 Å². The van der Waals surface area contributed by atoms with Gasteiger partial charge in [-0.2, -0.15) is 5.10 Å². The van der Waals surface area contributed by atoms with Gasteiger partial charge >= 0.3 is 0 Å². The van der Waals surface area contributed by atoms with Crippen molar-refractivity contribution in [2.45, 2.75) is 12.7 Å². The number of thioether (sulfide) groups is 1. The number of halogens is 1. The van der Waals surface area contributed by atoms with Crippen LogP contribution in [0.4, 0.5) is 0 Å². The van der Waals surface area contributed by atoms with Crippen LogP contribution in [0.5, 0.6) is 0 Å². The van der Waals surface area contributed by atoms with Crippen LogP contribution in [0.15, 0.2) is 53.6 Å². The van der Waals surface area contributed by atoms with Crippen molar-refractivity contribution in [1.82, 2.24) is 5.43 Å². The van der Waals surface area contributed by atoms with Crippen LogP contribution in [0.25, 0.3) is 0 Å². The summed E-state index contributed by atoms with van der Waals surface area (Å²) in [6.45, 7) is 2.08. The highest BCUT2D eigenvalue weighted by molar-refractivity contribution is 14.1. The number of hydrazone groups is 1. The molecule has 2 rings (SSSR count). The quantitative estimate of drug-likeness (QED) is 0.433. The SMILES string of the molecule is Cc1ccccc1CSCC(=O)NN=Cc1ccc(I)cc1. The van der Waals surface area contributed by atoms with E-state index in [1.807, 2.05) is 36.4 Å². The zero-order valence-electron chi connectivity index (χ0n) is 12.3. The summed E-state index contributed by atoms with van der Waals surface area (Å²) < 4.78 is 1.17. The maximum Gasteiger partial charge on any atom is 0.250 e. The number of benzene rings is 2. The van der Waals surface area contributed by atoms with Gasteiger partial charge in [-0.1, -0.05) is 36.4 Å². The van der Waals surface area contributed by atoms with Gasteiger partial charge in [0.1, 0.15) is 0 Å². The van der Waals surface area contributed by atoms with Gasteiger partial charge in [0.2, 0.25) is 5.91 Å². The molecule has 0 atom stereocenters. The molecule has 0 aliphatic carbocycles. The maximum atomic E-state index is 11.7. The summed E-state index contributed by atoms with van der Waals surface area (Å²) in [5, 5.41) is 3.97. The number of aryl methyl sites for hydroxylation is 1. The first-order valence-corrected chi connectivity index (χ1v) is 9.08. The zero-order chi connectivity index (χ0) is 15.8. The summed E-state index contributed by atoms with van der Waals surface area (Å²) in [4.78, 5) is 11.7. The molecule has 3 nitrogen and oxygen atoms in total. The van der Waals surface area contributed by atoms with Crippen molar-refractivity contribution in [3.05, 3.63) is 68.8 Å². The van der Waals surface area contributed by atoms with Crippen LogP contribution in [0.3, 0.4) is 0 Å². The molecule has 0 fully saturated rings. The summed E-state index contributed by atoms with van der Waals surface area (Å²) in [5.74, 6) is 1.15. The monoisotopic (exact) mass is 424 g/mol. The van der Waals surface area contributed by atoms with E-state index in [1.165, 1.54) is 14.7 Å². The normalized spacial score (nSPS) is 10.8. The number of hydrogen-bond acceptors (Lipinski definition) is 3. The minimum Gasteiger partial charge on any atom is -0.272 e. The minimum atomic E-state index is -0.0830. The van der Waals surface area contributed by atoms with Gasteiger partial charge < -0.3 is 0 Å². The molecule has 114 valence electrons. The average molecular weight is 424 g/mol. The largest absolute Gasteiger partial charge is 0.272 e. The smallest absolute Gasteiger partial charge is 0.250 e. The predicted molar refractivity (Wildman–Crippen MR) is 102 cm³/mol. The molecule has 0 unspecified atom stereocenters. The van der Waals surface area contributed by atoms with Crippen LogP contribution < -0.4 is 5.43 Å². The zero-order valence-corrected chi connectivity index (χ0v) is 15.2. The molecule has 0 radical (unpaired) electrons. The topological polar surface area (TPSA) is 41.5 Å². The Morgan fingerprint density at radius 2 is 1.95 bits per heavy atom. The molecule has 1 N–H and O–H groups in total. The fourth-order valence-electron chi connectivity index (χ4n) is 1.79. The summed E-state index contributed by atoms with van der Waals surface area (Å²) >= 11 is 3.84. The Bertz CT molecular complexity index is 656. The minimum absolute atomic E-state index is 0.0830. The Hall–Kier alpha value is -1.34. The molecular weight excluding hydrogens is 407 g/mol. The highest BCUT2D eigenvalue weighted by atomic mass is 127. The number of carbonyl (C=O) groups is 1. The molecule has 1 amide bonds. The lowest BCUT2D eigenvalue weighted by Gasteiger charge is -2.04. The Kier molecular flexibility index (Phi) is 6.92. The van der Waals surface area contributed by atoms with Crippen molar-refractivity contribution >= 4 is 46.5 Å². The summed E-state index contributed by atoms with van der Waals surface area (Å²) in [6.07, 6.45) is 1.65. The van der Waals surface area contributed by atoms with Gasteiger partial charge in [0.05, 0.1) is 12.0 Å². The van der Waals surface area contributed by atoms with Crippen LogP contribution in [0.1, 0.15) is 16.7 Å². The summed E-state index contributed by atoms with van der Waals surface area (Å²) in [7, 11) is 0. The lowest BCUT2D eigenvalue weighted by Crippen LogP contribution is -2.19. The van der Waals surface area contributed by atoms with Gasteiger partial charge in [-0.05, 0) is 58.3 Å². The van der Waals surface area contributed by atoms with Gasteiger partial charge in [-0.3, -0.25) is 4.79 Å². The molecule has 0 spiro atoms. The highest BCUT2D eigenvalue weighted by Crippen LogP contribution is 2.15. The van der Waals surface area contributed by atoms with E-state index in [2.05, 4.69) is 52.2 Å². The Morgan fingerprint density at radius 3 is 2.68 bits per heavy atom. The lowest BCUT2D eigenvalue weighted by molar-refractivity contribution is -0.118. The standard InChI is InChI=1S/C17H17IN2OS/c1-13-4-2-3-5-15(13)11-22-12-17(21)20-19-10-14-6-8-16(18)9-7-14/h2-10H,11-12H2,1H3,(H,20,21). The van der Waals surface area contributed by atoms with E-state index in [9.17, 15) is 4.79 Å². The molecule has 0 bridgehead atoms. The molecule has 2 aromatic rings. The summed E-state index contributed by atoms with van der Waals surface area (Å²) in [5.41, 5.74) is 6.04. The van der Waals surface area contributed by atoms with E-state index >= 15 is 0 Å². The molecule has 0 saturated carbocycles. The predicted octanol–water partition coefficient (Wildman–Crippen LogP) is 3.98. The van der Waals surface area contributed by atoms with Gasteiger partial charge in [-0.25, -0.2) is 5.43 Å². The van der Waals surface area contributed by atoms with E-state index in [-0.39, 0.29) is 5.91 Å². The number of nitrogens with zero attached hydrogens (tertiary/aromatic N) is 1. The second-order valence-electron chi connectivity index (χ2n) is 4.76. The second kappa shape index (κ2) is 8.95. The van der Waals surface area contributed by atoms with Crippen molar-refractivity contribution in [1.29, 1.82) is 0 Å². The van der Waals surface area contributed by atoms with Crippen LogP contribution in [0.2, 0.25) is 0 Å². The fraction of sp³-hybridized carbons (Fsp3) is 0.176. The van der Waals surface area contributed by atoms with E-state index in [0.29, 0.717) is 5.75 Å². The number of rotatable bonds is 6. The molecular formula is C17H17IN2OS. The molecule has 22 heavy (non-hydrogen) atoms. The Morgan fingerprint density at radius 1 is 1.23 bits per heavy atom. The first-order valence-electron chi connectivity index (χ1n) is 6.85. The molecule has 2 aromatic carbocycles. The number of nitrogens with one attached hydrogen (secondary N) is 1. The average Bonchev–Trinajstić information content (AvgIpc) is 2.51. The van der Waals surface area contributed by atoms with Crippen molar-refractivity contribution < 1.29 is 4.79 Å². The molecule has 0 aliphatic rings. The van der Waals surface area contributed by atoms with Crippen LogP contribution in [-0.2, 0) is 10.5 Å². The third-order valence-electron chi connectivity index (χ3n) is 3.02. The molecule has 5 heteroatoms. The fourth-order valence-corrected chi connectivity index (χ4v) is 3.04. The Labute approximate surface area is 148 Å².